The average molecular weight is 297 g/mol. The molecule has 114 valence electrons. The smallest absolute Gasteiger partial charge is 0.270 e. The summed E-state index contributed by atoms with van der Waals surface area (Å²) < 4.78 is 0. The van der Waals surface area contributed by atoms with Gasteiger partial charge in [-0.05, 0) is 31.9 Å². The fraction of sp³-hybridized carbons (Fsp3) is 0.353. The third kappa shape index (κ3) is 2.93. The molecule has 0 radical (unpaired) electrons. The molecular formula is C17H19N3O2. The van der Waals surface area contributed by atoms with Crippen LogP contribution >= 0.6 is 0 Å². The molecule has 1 fully saturated rings. The summed E-state index contributed by atoms with van der Waals surface area (Å²) in [5.74, 6) is -0.343. The molecule has 0 spiro atoms. The lowest BCUT2D eigenvalue weighted by atomic mass is 10.2. The zero-order valence-electron chi connectivity index (χ0n) is 12.6. The molecule has 2 aromatic rings. The largest absolute Gasteiger partial charge is 0.342 e. The second-order valence-electron chi connectivity index (χ2n) is 5.65. The van der Waals surface area contributed by atoms with Gasteiger partial charge in [-0.3, -0.25) is 9.59 Å². The predicted octanol–water partition coefficient (Wildman–Crippen LogP) is 1.98. The van der Waals surface area contributed by atoms with Crippen LogP contribution in [0.2, 0.25) is 0 Å². The molecule has 5 heteroatoms. The van der Waals surface area contributed by atoms with Gasteiger partial charge in [0, 0.05) is 18.0 Å². The Kier molecular flexibility index (Phi) is 4.04. The molecule has 1 aliphatic rings. The van der Waals surface area contributed by atoms with Crippen LogP contribution in [0.3, 0.4) is 0 Å². The molecule has 1 aromatic heterocycles. The first-order chi connectivity index (χ1) is 10.6. The van der Waals surface area contributed by atoms with Crippen LogP contribution in [0.25, 0.3) is 10.9 Å². The molecule has 2 amide bonds. The lowest BCUT2D eigenvalue weighted by Crippen LogP contribution is -2.41. The molecule has 1 unspecified atom stereocenters. The summed E-state index contributed by atoms with van der Waals surface area (Å²) in [5, 5.41) is 3.66. The molecule has 2 heterocycles. The van der Waals surface area contributed by atoms with Crippen LogP contribution in [0.5, 0.6) is 0 Å². The molecule has 1 N–H and O–H groups in total. The number of hydrogen-bond acceptors (Lipinski definition) is 3. The summed E-state index contributed by atoms with van der Waals surface area (Å²) in [6, 6.07) is 11.4. The van der Waals surface area contributed by atoms with Crippen molar-refractivity contribution in [2.24, 2.45) is 0 Å². The van der Waals surface area contributed by atoms with E-state index in [9.17, 15) is 9.59 Å². The molecule has 0 bridgehead atoms. The van der Waals surface area contributed by atoms with E-state index in [1.165, 1.54) is 0 Å². The van der Waals surface area contributed by atoms with Gasteiger partial charge in [0.05, 0.1) is 12.1 Å². The van der Waals surface area contributed by atoms with Gasteiger partial charge in [0.15, 0.2) is 0 Å². The maximum Gasteiger partial charge on any atom is 0.270 e. The number of aromatic nitrogens is 1. The normalized spacial score (nSPS) is 17.7. The van der Waals surface area contributed by atoms with E-state index in [2.05, 4.69) is 10.3 Å². The van der Waals surface area contributed by atoms with Crippen LogP contribution in [-0.2, 0) is 4.79 Å². The van der Waals surface area contributed by atoms with E-state index in [-0.39, 0.29) is 24.4 Å². The lowest BCUT2D eigenvalue weighted by molar-refractivity contribution is -0.130. The Balaban J connectivity index is 1.64. The lowest BCUT2D eigenvalue weighted by Gasteiger charge is -2.21. The fourth-order valence-corrected chi connectivity index (χ4v) is 2.84. The van der Waals surface area contributed by atoms with Gasteiger partial charge in [0.2, 0.25) is 5.91 Å². The van der Waals surface area contributed by atoms with Crippen molar-refractivity contribution < 1.29 is 9.59 Å². The zero-order valence-corrected chi connectivity index (χ0v) is 12.6. The highest BCUT2D eigenvalue weighted by atomic mass is 16.2. The minimum atomic E-state index is -0.314. The van der Waals surface area contributed by atoms with Gasteiger partial charge in [0.25, 0.3) is 5.91 Å². The molecule has 1 atom stereocenters. The van der Waals surface area contributed by atoms with Crippen LogP contribution in [0.4, 0.5) is 0 Å². The van der Waals surface area contributed by atoms with Crippen molar-refractivity contribution in [2.75, 3.05) is 13.1 Å². The number of hydrogen-bond donors (Lipinski definition) is 1. The Labute approximate surface area is 129 Å². The Morgan fingerprint density at radius 3 is 2.86 bits per heavy atom. The van der Waals surface area contributed by atoms with Crippen molar-refractivity contribution in [2.45, 2.75) is 25.8 Å². The maximum atomic E-state index is 12.1. The third-order valence-electron chi connectivity index (χ3n) is 4.10. The van der Waals surface area contributed by atoms with Gasteiger partial charge < -0.3 is 10.2 Å². The number of amides is 2. The summed E-state index contributed by atoms with van der Waals surface area (Å²) in [4.78, 5) is 30.4. The highest BCUT2D eigenvalue weighted by Crippen LogP contribution is 2.16. The molecule has 1 saturated heterocycles. The number of carbonyl (C=O) groups excluding carboxylic acids is 2. The number of nitrogens with zero attached hydrogens (tertiary/aromatic N) is 2. The molecule has 0 aliphatic carbocycles. The fourth-order valence-electron chi connectivity index (χ4n) is 2.84. The van der Waals surface area contributed by atoms with Crippen molar-refractivity contribution in [3.8, 4) is 0 Å². The third-order valence-corrected chi connectivity index (χ3v) is 4.10. The van der Waals surface area contributed by atoms with Gasteiger partial charge in [0.1, 0.15) is 5.69 Å². The number of likely N-dealkylation sites (tertiary alicyclic amines) is 1. The highest BCUT2D eigenvalue weighted by molar-refractivity contribution is 5.96. The average Bonchev–Trinajstić information content (AvgIpc) is 2.98. The first-order valence-electron chi connectivity index (χ1n) is 7.58. The van der Waals surface area contributed by atoms with Gasteiger partial charge in [-0.2, -0.15) is 0 Å². The van der Waals surface area contributed by atoms with E-state index in [1.54, 1.807) is 6.07 Å². The van der Waals surface area contributed by atoms with Gasteiger partial charge in [-0.1, -0.05) is 24.3 Å². The molecule has 3 rings (SSSR count). The number of pyridine rings is 1. The Hall–Kier alpha value is -2.43. The number of rotatable bonds is 3. The Bertz CT molecular complexity index is 714. The van der Waals surface area contributed by atoms with Crippen LogP contribution in [-0.4, -0.2) is 40.8 Å². The molecule has 22 heavy (non-hydrogen) atoms. The molecule has 1 aliphatic heterocycles. The second-order valence-corrected chi connectivity index (χ2v) is 5.65. The van der Waals surface area contributed by atoms with Crippen molar-refractivity contribution in [1.29, 1.82) is 0 Å². The zero-order chi connectivity index (χ0) is 15.5. The van der Waals surface area contributed by atoms with Crippen LogP contribution in [0.1, 0.15) is 30.3 Å². The van der Waals surface area contributed by atoms with E-state index in [0.29, 0.717) is 5.69 Å². The topological polar surface area (TPSA) is 62.3 Å². The van der Waals surface area contributed by atoms with Gasteiger partial charge in [-0.25, -0.2) is 4.98 Å². The second kappa shape index (κ2) is 6.13. The number of nitrogens with one attached hydrogen (secondary N) is 1. The number of carbonyl (C=O) groups is 2. The van der Waals surface area contributed by atoms with Crippen molar-refractivity contribution >= 4 is 22.7 Å². The SMILES string of the molecule is CC1CCCN1C(=O)CNC(=O)c1ccc2ccccc2n1. The van der Waals surface area contributed by atoms with E-state index in [0.717, 1.165) is 30.3 Å². The number of fused-ring (bicyclic) bond motifs is 1. The summed E-state index contributed by atoms with van der Waals surface area (Å²) in [7, 11) is 0. The van der Waals surface area contributed by atoms with Crippen molar-refractivity contribution in [3.63, 3.8) is 0 Å². The summed E-state index contributed by atoms with van der Waals surface area (Å²) in [6.07, 6.45) is 2.07. The summed E-state index contributed by atoms with van der Waals surface area (Å²) in [5.41, 5.74) is 1.11. The van der Waals surface area contributed by atoms with Crippen molar-refractivity contribution in [3.05, 3.63) is 42.1 Å². The van der Waals surface area contributed by atoms with Crippen LogP contribution < -0.4 is 5.32 Å². The van der Waals surface area contributed by atoms with Crippen LogP contribution in [0, 0.1) is 0 Å². The molecule has 1 aromatic carbocycles. The molecule has 0 saturated carbocycles. The summed E-state index contributed by atoms with van der Waals surface area (Å²) in [6.45, 7) is 2.85. The first-order valence-corrected chi connectivity index (χ1v) is 7.58. The van der Waals surface area contributed by atoms with Crippen LogP contribution in [0.15, 0.2) is 36.4 Å². The highest BCUT2D eigenvalue weighted by Gasteiger charge is 2.25. The van der Waals surface area contributed by atoms with Crippen molar-refractivity contribution in [1.82, 2.24) is 15.2 Å². The predicted molar refractivity (Wildman–Crippen MR) is 84.5 cm³/mol. The summed E-state index contributed by atoms with van der Waals surface area (Å²) >= 11 is 0. The van der Waals surface area contributed by atoms with E-state index in [1.807, 2.05) is 42.2 Å². The maximum absolute atomic E-state index is 12.1. The van der Waals surface area contributed by atoms with E-state index >= 15 is 0 Å². The Morgan fingerprint density at radius 1 is 1.27 bits per heavy atom. The van der Waals surface area contributed by atoms with Gasteiger partial charge >= 0.3 is 0 Å². The Morgan fingerprint density at radius 2 is 2.09 bits per heavy atom. The number of benzene rings is 1. The minimum Gasteiger partial charge on any atom is -0.342 e. The first kappa shape index (κ1) is 14.5. The molecule has 5 nitrogen and oxygen atoms in total. The minimum absolute atomic E-state index is 0.0255. The standard InChI is InChI=1S/C17H19N3O2/c1-12-5-4-10-20(12)16(21)11-18-17(22)15-9-8-13-6-2-3-7-14(13)19-15/h2-3,6-9,12H,4-5,10-11H2,1H3,(H,18,22). The molecular weight excluding hydrogens is 278 g/mol. The quantitative estimate of drug-likeness (QED) is 0.942. The number of para-hydroxylation sites is 1. The van der Waals surface area contributed by atoms with Gasteiger partial charge in [-0.15, -0.1) is 0 Å². The van der Waals surface area contributed by atoms with E-state index < -0.39 is 0 Å². The van der Waals surface area contributed by atoms with E-state index in [4.69, 9.17) is 0 Å². The monoisotopic (exact) mass is 297 g/mol.